The molecule has 0 aliphatic rings. The van der Waals surface area contributed by atoms with Gasteiger partial charge in [0, 0.05) is 6.92 Å². The smallest absolute Gasteiger partial charge is 0.389 e. The summed E-state index contributed by atoms with van der Waals surface area (Å²) in [5, 5.41) is 0. The van der Waals surface area contributed by atoms with E-state index in [9.17, 15) is 9.18 Å². The molecular formula is C11H11FO3. The molecule has 0 fully saturated rings. The topological polar surface area (TPSA) is 35.5 Å². The van der Waals surface area contributed by atoms with E-state index in [2.05, 4.69) is 11.3 Å². The fourth-order valence-electron chi connectivity index (χ4n) is 0.932. The van der Waals surface area contributed by atoms with Gasteiger partial charge in [0.1, 0.15) is 5.75 Å². The fourth-order valence-corrected chi connectivity index (χ4v) is 0.932. The van der Waals surface area contributed by atoms with Crippen LogP contribution < -0.4 is 4.74 Å². The summed E-state index contributed by atoms with van der Waals surface area (Å²) < 4.78 is 22.7. The average Bonchev–Trinajstić information content (AvgIpc) is 2.19. The summed E-state index contributed by atoms with van der Waals surface area (Å²) in [6.07, 6.45) is 0.856. The summed E-state index contributed by atoms with van der Waals surface area (Å²) in [7, 11) is 0. The predicted molar refractivity (Wildman–Crippen MR) is 52.9 cm³/mol. The first-order valence-corrected chi connectivity index (χ1v) is 4.31. The molecule has 0 aromatic heterocycles. The largest absolute Gasteiger partial charge is 0.449 e. The van der Waals surface area contributed by atoms with Crippen LogP contribution in [0.5, 0.6) is 5.75 Å². The number of carbonyl (C=O) groups excluding carboxylic acids is 1. The van der Waals surface area contributed by atoms with Crippen molar-refractivity contribution in [3.8, 4) is 5.75 Å². The number of halogens is 1. The highest BCUT2D eigenvalue weighted by Gasteiger charge is 2.37. The van der Waals surface area contributed by atoms with E-state index in [0.717, 1.165) is 13.2 Å². The minimum atomic E-state index is -2.52. The van der Waals surface area contributed by atoms with Crippen LogP contribution in [0.3, 0.4) is 0 Å². The van der Waals surface area contributed by atoms with Crippen molar-refractivity contribution in [1.29, 1.82) is 0 Å². The minimum absolute atomic E-state index is 0.253. The zero-order valence-electron chi connectivity index (χ0n) is 8.27. The Morgan fingerprint density at radius 3 is 2.60 bits per heavy atom. The number of carbonyl (C=O) groups is 1. The predicted octanol–water partition coefficient (Wildman–Crippen LogP) is 2.44. The molecule has 3 nitrogen and oxygen atoms in total. The van der Waals surface area contributed by atoms with E-state index in [1.54, 1.807) is 30.3 Å². The van der Waals surface area contributed by atoms with Gasteiger partial charge in [0.05, 0.1) is 6.26 Å². The van der Waals surface area contributed by atoms with Crippen LogP contribution >= 0.6 is 0 Å². The van der Waals surface area contributed by atoms with Gasteiger partial charge in [-0.25, -0.2) is 4.79 Å². The van der Waals surface area contributed by atoms with Crippen LogP contribution in [-0.2, 0) is 9.53 Å². The number of esters is 1. The molecule has 1 atom stereocenters. The average molecular weight is 210 g/mol. The maximum atomic E-state index is 13.6. The molecule has 4 heteroatoms. The van der Waals surface area contributed by atoms with Crippen molar-refractivity contribution >= 4 is 5.97 Å². The van der Waals surface area contributed by atoms with Crippen molar-refractivity contribution in [1.82, 2.24) is 0 Å². The highest BCUT2D eigenvalue weighted by Crippen LogP contribution is 2.20. The summed E-state index contributed by atoms with van der Waals surface area (Å²) >= 11 is 0. The second-order valence-electron chi connectivity index (χ2n) is 2.90. The van der Waals surface area contributed by atoms with Gasteiger partial charge < -0.3 is 9.47 Å². The molecule has 0 heterocycles. The Labute approximate surface area is 87.1 Å². The van der Waals surface area contributed by atoms with E-state index in [0.29, 0.717) is 0 Å². The van der Waals surface area contributed by atoms with E-state index < -0.39 is 11.8 Å². The first kappa shape index (κ1) is 11.2. The maximum Gasteiger partial charge on any atom is 0.389 e. The molecule has 0 N–H and O–H groups in total. The van der Waals surface area contributed by atoms with Crippen LogP contribution in [0.15, 0.2) is 43.2 Å². The van der Waals surface area contributed by atoms with E-state index in [1.807, 2.05) is 0 Å². The van der Waals surface area contributed by atoms with Gasteiger partial charge in [0.15, 0.2) is 0 Å². The molecule has 1 unspecified atom stereocenters. The quantitative estimate of drug-likeness (QED) is 0.565. The SMILES string of the molecule is C=COC(=O)C(C)(F)Oc1ccccc1. The van der Waals surface area contributed by atoms with E-state index in [1.165, 1.54) is 0 Å². The van der Waals surface area contributed by atoms with Crippen LogP contribution in [0.4, 0.5) is 4.39 Å². The van der Waals surface area contributed by atoms with Crippen molar-refractivity contribution in [2.45, 2.75) is 12.8 Å². The standard InChI is InChI=1S/C11H11FO3/c1-3-14-10(13)11(2,12)15-9-7-5-4-6-8-9/h3-8H,1H2,2H3. The van der Waals surface area contributed by atoms with Crippen molar-refractivity contribution in [2.75, 3.05) is 0 Å². The molecule has 1 aromatic carbocycles. The first-order chi connectivity index (χ1) is 7.06. The minimum Gasteiger partial charge on any atom is -0.449 e. The molecule has 80 valence electrons. The molecule has 1 rings (SSSR count). The Kier molecular flexibility index (Phi) is 3.44. The van der Waals surface area contributed by atoms with Crippen LogP contribution in [0, 0.1) is 0 Å². The Morgan fingerprint density at radius 2 is 2.07 bits per heavy atom. The molecule has 0 amide bonds. The van der Waals surface area contributed by atoms with Gasteiger partial charge in [0.25, 0.3) is 0 Å². The lowest BCUT2D eigenvalue weighted by Crippen LogP contribution is -2.37. The third kappa shape index (κ3) is 3.09. The number of hydrogen-bond donors (Lipinski definition) is 0. The number of benzene rings is 1. The van der Waals surface area contributed by atoms with Gasteiger partial charge in [-0.05, 0) is 12.1 Å². The summed E-state index contributed by atoms with van der Waals surface area (Å²) in [5.74, 6) is -3.40. The lowest BCUT2D eigenvalue weighted by Gasteiger charge is -2.18. The second kappa shape index (κ2) is 4.59. The van der Waals surface area contributed by atoms with Crippen LogP contribution in [-0.4, -0.2) is 11.8 Å². The second-order valence-corrected chi connectivity index (χ2v) is 2.90. The Bertz CT molecular complexity index is 346. The lowest BCUT2D eigenvalue weighted by molar-refractivity contribution is -0.171. The van der Waals surface area contributed by atoms with Crippen molar-refractivity contribution in [3.05, 3.63) is 43.2 Å². The number of alkyl halides is 1. The van der Waals surface area contributed by atoms with Crippen LogP contribution in [0.25, 0.3) is 0 Å². The molecule has 0 saturated heterocycles. The summed E-state index contributed by atoms with van der Waals surface area (Å²) in [5.41, 5.74) is 0. The van der Waals surface area contributed by atoms with Gasteiger partial charge in [-0.15, -0.1) is 0 Å². The number of hydrogen-bond acceptors (Lipinski definition) is 3. The number of rotatable bonds is 4. The summed E-state index contributed by atoms with van der Waals surface area (Å²) in [4.78, 5) is 11.1. The molecule has 0 aliphatic heterocycles. The zero-order valence-corrected chi connectivity index (χ0v) is 8.27. The van der Waals surface area contributed by atoms with Gasteiger partial charge in [0.2, 0.25) is 0 Å². The molecule has 15 heavy (non-hydrogen) atoms. The van der Waals surface area contributed by atoms with Crippen molar-refractivity contribution in [2.24, 2.45) is 0 Å². The Morgan fingerprint density at radius 1 is 1.47 bits per heavy atom. The molecule has 0 radical (unpaired) electrons. The third-order valence-corrected chi connectivity index (χ3v) is 1.61. The van der Waals surface area contributed by atoms with Gasteiger partial charge in [-0.3, -0.25) is 0 Å². The van der Waals surface area contributed by atoms with E-state index >= 15 is 0 Å². The van der Waals surface area contributed by atoms with Gasteiger partial charge in [-0.2, -0.15) is 4.39 Å². The van der Waals surface area contributed by atoms with Crippen LogP contribution in [0.1, 0.15) is 6.92 Å². The third-order valence-electron chi connectivity index (χ3n) is 1.61. The highest BCUT2D eigenvalue weighted by atomic mass is 19.2. The Hall–Kier alpha value is -1.84. The molecule has 0 spiro atoms. The molecule has 0 aliphatic carbocycles. The zero-order chi connectivity index (χ0) is 11.3. The fraction of sp³-hybridized carbons (Fsp3) is 0.182. The van der Waals surface area contributed by atoms with Crippen molar-refractivity contribution < 1.29 is 18.7 Å². The first-order valence-electron chi connectivity index (χ1n) is 4.31. The normalized spacial score (nSPS) is 13.7. The number of ether oxygens (including phenoxy) is 2. The molecule has 0 saturated carbocycles. The van der Waals surface area contributed by atoms with Crippen LogP contribution in [0.2, 0.25) is 0 Å². The molecule has 1 aromatic rings. The Balaban J connectivity index is 2.72. The van der Waals surface area contributed by atoms with Crippen molar-refractivity contribution in [3.63, 3.8) is 0 Å². The highest BCUT2D eigenvalue weighted by molar-refractivity contribution is 5.78. The number of para-hydroxylation sites is 1. The van der Waals surface area contributed by atoms with E-state index in [4.69, 9.17) is 4.74 Å². The summed E-state index contributed by atoms with van der Waals surface area (Å²) in [6, 6.07) is 8.18. The van der Waals surface area contributed by atoms with Gasteiger partial charge >= 0.3 is 11.8 Å². The molecule has 0 bridgehead atoms. The maximum absolute atomic E-state index is 13.6. The van der Waals surface area contributed by atoms with Gasteiger partial charge in [-0.1, -0.05) is 24.8 Å². The molecular weight excluding hydrogens is 199 g/mol. The summed E-state index contributed by atoms with van der Waals surface area (Å²) in [6.45, 7) is 4.13. The monoisotopic (exact) mass is 210 g/mol. The van der Waals surface area contributed by atoms with E-state index in [-0.39, 0.29) is 5.75 Å². The lowest BCUT2D eigenvalue weighted by atomic mass is 10.3.